The number of fused-ring (bicyclic) bond motifs is 2. The van der Waals surface area contributed by atoms with Gasteiger partial charge in [-0.25, -0.2) is 14.8 Å². The second kappa shape index (κ2) is 7.21. The van der Waals surface area contributed by atoms with E-state index in [0.29, 0.717) is 27.4 Å². The minimum atomic E-state index is -4.24. The average molecular weight is 475 g/mol. The molecule has 0 unspecified atom stereocenters. The Morgan fingerprint density at radius 2 is 2.12 bits per heavy atom. The number of nitrogens with zero attached hydrogens (tertiary/aromatic N) is 3. The van der Waals surface area contributed by atoms with Crippen molar-refractivity contribution in [2.24, 2.45) is 5.41 Å². The lowest BCUT2D eigenvalue weighted by molar-refractivity contribution is -0.126. The standard InChI is InChI=1S/C22H20F3N5O2S/c23-22(24,25)8-14-6-15-18(26-11-27-19(15)33-14)30-9-21(10-30)4-3-13(7-21)28-12-1-2-17-16(5-12)29-20(31)32-17/h1-2,5-6,11,13,28H,3-4,7-10H2,(H,29,31)/t13-/m1/s1. The maximum atomic E-state index is 12.8. The lowest BCUT2D eigenvalue weighted by atomic mass is 9.78. The van der Waals surface area contributed by atoms with Gasteiger partial charge in [0.15, 0.2) is 5.58 Å². The largest absolute Gasteiger partial charge is 0.417 e. The van der Waals surface area contributed by atoms with Crippen LogP contribution < -0.4 is 16.0 Å². The van der Waals surface area contributed by atoms with E-state index in [4.69, 9.17) is 4.42 Å². The van der Waals surface area contributed by atoms with Crippen molar-refractivity contribution in [1.82, 2.24) is 15.0 Å². The van der Waals surface area contributed by atoms with Gasteiger partial charge in [0, 0.05) is 35.1 Å². The van der Waals surface area contributed by atoms with Crippen molar-refractivity contribution in [3.63, 3.8) is 0 Å². The number of benzene rings is 1. The molecule has 0 amide bonds. The van der Waals surface area contributed by atoms with Gasteiger partial charge in [-0.05, 0) is 43.5 Å². The first-order chi connectivity index (χ1) is 15.8. The highest BCUT2D eigenvalue weighted by Gasteiger charge is 2.49. The number of anilines is 2. The molecule has 0 radical (unpaired) electrons. The van der Waals surface area contributed by atoms with Crippen LogP contribution in [0.3, 0.4) is 0 Å². The van der Waals surface area contributed by atoms with Crippen molar-refractivity contribution in [3.8, 4) is 0 Å². The molecule has 3 aromatic heterocycles. The number of aromatic amines is 1. The third kappa shape index (κ3) is 3.84. The quantitative estimate of drug-likeness (QED) is 0.445. The monoisotopic (exact) mass is 475 g/mol. The Kier molecular flexibility index (Phi) is 4.48. The molecule has 6 rings (SSSR count). The number of halogens is 3. The van der Waals surface area contributed by atoms with Gasteiger partial charge in [-0.15, -0.1) is 11.3 Å². The summed E-state index contributed by atoms with van der Waals surface area (Å²) >= 11 is 1.08. The number of hydrogen-bond acceptors (Lipinski definition) is 7. The number of hydrogen-bond donors (Lipinski definition) is 2. The highest BCUT2D eigenvalue weighted by atomic mass is 32.1. The molecule has 1 aromatic carbocycles. The first kappa shape index (κ1) is 20.5. The Bertz CT molecular complexity index is 1400. The normalized spacial score (nSPS) is 20.1. The second-order valence-corrected chi connectivity index (χ2v) is 10.2. The summed E-state index contributed by atoms with van der Waals surface area (Å²) in [7, 11) is 0. The third-order valence-corrected chi connectivity index (χ3v) is 7.62. The van der Waals surface area contributed by atoms with Gasteiger partial charge < -0.3 is 14.6 Å². The molecular formula is C22H20F3N5O2S. The van der Waals surface area contributed by atoms with Gasteiger partial charge in [-0.2, -0.15) is 13.2 Å². The molecule has 33 heavy (non-hydrogen) atoms. The van der Waals surface area contributed by atoms with Crippen molar-refractivity contribution >= 4 is 44.2 Å². The van der Waals surface area contributed by atoms with Crippen molar-refractivity contribution in [2.45, 2.75) is 37.9 Å². The van der Waals surface area contributed by atoms with Crippen LogP contribution in [0.5, 0.6) is 0 Å². The summed E-state index contributed by atoms with van der Waals surface area (Å²) in [6, 6.07) is 7.46. The number of H-pyrrole nitrogens is 1. The lowest BCUT2D eigenvalue weighted by Crippen LogP contribution is -2.56. The molecule has 2 aliphatic rings. The number of nitrogens with one attached hydrogen (secondary N) is 2. The summed E-state index contributed by atoms with van der Waals surface area (Å²) in [5.41, 5.74) is 2.31. The fourth-order valence-electron chi connectivity index (χ4n) is 5.24. The van der Waals surface area contributed by atoms with Crippen LogP contribution in [0.15, 0.2) is 39.8 Å². The first-order valence-electron chi connectivity index (χ1n) is 10.7. The second-order valence-electron chi connectivity index (χ2n) is 9.09. The van der Waals surface area contributed by atoms with Gasteiger partial charge in [0.05, 0.1) is 17.3 Å². The third-order valence-electron chi connectivity index (χ3n) is 6.58. The van der Waals surface area contributed by atoms with E-state index in [0.717, 1.165) is 55.2 Å². The van der Waals surface area contributed by atoms with E-state index < -0.39 is 18.4 Å². The molecule has 2 fully saturated rings. The highest BCUT2D eigenvalue weighted by Crippen LogP contribution is 2.48. The minimum absolute atomic E-state index is 0.174. The predicted molar refractivity (Wildman–Crippen MR) is 120 cm³/mol. The summed E-state index contributed by atoms with van der Waals surface area (Å²) in [6.45, 7) is 1.66. The van der Waals surface area contributed by atoms with E-state index in [1.807, 2.05) is 12.1 Å². The van der Waals surface area contributed by atoms with E-state index in [1.165, 1.54) is 6.33 Å². The van der Waals surface area contributed by atoms with E-state index >= 15 is 0 Å². The molecule has 1 atom stereocenters. The SMILES string of the molecule is O=c1[nH]c2cc(N[C@@H]3CCC4(C3)CN(c3ncnc5sc(CC(F)(F)F)cc35)C4)ccc2o1. The van der Waals surface area contributed by atoms with Crippen LogP contribution in [0.25, 0.3) is 21.3 Å². The van der Waals surface area contributed by atoms with Crippen molar-refractivity contribution in [2.75, 3.05) is 23.3 Å². The van der Waals surface area contributed by atoms with Crippen LogP contribution in [-0.4, -0.2) is 40.3 Å². The molecule has 1 saturated heterocycles. The lowest BCUT2D eigenvalue weighted by Gasteiger charge is -2.49. The van der Waals surface area contributed by atoms with Crippen molar-refractivity contribution in [1.29, 1.82) is 0 Å². The molecule has 1 spiro atoms. The maximum absolute atomic E-state index is 12.8. The zero-order valence-corrected chi connectivity index (χ0v) is 18.2. The van der Waals surface area contributed by atoms with E-state index in [2.05, 4.69) is 25.2 Å². The molecule has 172 valence electrons. The zero-order chi connectivity index (χ0) is 22.8. The molecule has 4 heterocycles. The Balaban J connectivity index is 1.14. The fraction of sp³-hybridized carbons (Fsp3) is 0.409. The van der Waals surface area contributed by atoms with Gasteiger partial charge in [-0.3, -0.25) is 4.98 Å². The molecule has 1 aliphatic heterocycles. The zero-order valence-electron chi connectivity index (χ0n) is 17.4. The summed E-state index contributed by atoms with van der Waals surface area (Å²) < 4.78 is 43.5. The smallest absolute Gasteiger partial charge is 0.408 e. The van der Waals surface area contributed by atoms with Crippen molar-refractivity contribution < 1.29 is 17.6 Å². The number of thiophene rings is 1. The minimum Gasteiger partial charge on any atom is -0.408 e. The molecule has 1 saturated carbocycles. The first-order valence-corrected chi connectivity index (χ1v) is 11.5. The molecule has 11 heteroatoms. The molecule has 1 aliphatic carbocycles. The Morgan fingerprint density at radius 1 is 1.27 bits per heavy atom. The summed E-state index contributed by atoms with van der Waals surface area (Å²) in [4.78, 5) is 25.6. The molecular weight excluding hydrogens is 455 g/mol. The summed E-state index contributed by atoms with van der Waals surface area (Å²) in [6.07, 6.45) is -0.640. The number of oxazole rings is 1. The fourth-order valence-corrected chi connectivity index (χ4v) is 6.26. The van der Waals surface area contributed by atoms with Crippen molar-refractivity contribution in [3.05, 3.63) is 46.0 Å². The molecule has 2 N–H and O–H groups in total. The number of rotatable bonds is 4. The highest BCUT2D eigenvalue weighted by molar-refractivity contribution is 7.18. The average Bonchev–Trinajstić information content (AvgIpc) is 3.40. The Hall–Kier alpha value is -3.08. The van der Waals surface area contributed by atoms with E-state index in [9.17, 15) is 18.0 Å². The van der Waals surface area contributed by atoms with Gasteiger partial charge in [-0.1, -0.05) is 0 Å². The van der Waals surface area contributed by atoms with E-state index in [1.54, 1.807) is 12.1 Å². The van der Waals surface area contributed by atoms with Gasteiger partial charge in [0.1, 0.15) is 17.0 Å². The molecule has 0 bridgehead atoms. The van der Waals surface area contributed by atoms with E-state index in [-0.39, 0.29) is 10.3 Å². The van der Waals surface area contributed by atoms with Crippen LogP contribution in [-0.2, 0) is 6.42 Å². The molecule has 7 nitrogen and oxygen atoms in total. The Morgan fingerprint density at radius 3 is 2.94 bits per heavy atom. The van der Waals surface area contributed by atoms with Gasteiger partial charge in [0.25, 0.3) is 0 Å². The number of alkyl halides is 3. The summed E-state index contributed by atoms with van der Waals surface area (Å²) in [5, 5.41) is 4.26. The van der Waals surface area contributed by atoms with Gasteiger partial charge >= 0.3 is 11.9 Å². The van der Waals surface area contributed by atoms with Crippen LogP contribution in [0.2, 0.25) is 0 Å². The summed E-state index contributed by atoms with van der Waals surface area (Å²) in [5.74, 6) is 0.257. The Labute approximate surface area is 189 Å². The predicted octanol–water partition coefficient (Wildman–Crippen LogP) is 4.70. The van der Waals surface area contributed by atoms with Crippen LogP contribution in [0, 0.1) is 5.41 Å². The molecule has 4 aromatic rings. The maximum Gasteiger partial charge on any atom is 0.417 e. The van der Waals surface area contributed by atoms with Crippen LogP contribution >= 0.6 is 11.3 Å². The van der Waals surface area contributed by atoms with Crippen LogP contribution in [0.1, 0.15) is 24.1 Å². The topological polar surface area (TPSA) is 87.0 Å². The number of aromatic nitrogens is 3. The van der Waals surface area contributed by atoms with Gasteiger partial charge in [0.2, 0.25) is 0 Å². The van der Waals surface area contributed by atoms with Crippen LogP contribution in [0.4, 0.5) is 24.7 Å².